The van der Waals surface area contributed by atoms with E-state index in [1.54, 1.807) is 0 Å². The number of ketones is 1. The van der Waals surface area contributed by atoms with Gasteiger partial charge in [0.1, 0.15) is 0 Å². The summed E-state index contributed by atoms with van der Waals surface area (Å²) in [4.78, 5) is 43.7. The van der Waals surface area contributed by atoms with E-state index in [-0.39, 0.29) is 11.9 Å². The van der Waals surface area contributed by atoms with Crippen molar-refractivity contribution in [2.45, 2.75) is 45.3 Å². The monoisotopic (exact) mass is 349 g/mol. The van der Waals surface area contributed by atoms with E-state index in [1.807, 2.05) is 0 Å². The topological polar surface area (TPSA) is 119 Å². The molecule has 0 aromatic carbocycles. The molecule has 1 amide bonds. The van der Waals surface area contributed by atoms with Crippen LogP contribution in [0, 0.1) is 5.92 Å². The highest BCUT2D eigenvalue weighted by atomic mass is 31.2. The minimum Gasteiger partial charge on any atom is -0.425 e. The largest absolute Gasteiger partial charge is 0.425 e. The number of alkyl carbamates (subject to hydrolysis) is 1. The van der Waals surface area contributed by atoms with Crippen molar-refractivity contribution >= 4 is 25.2 Å². The average Bonchev–Trinajstić information content (AvgIpc) is 2.44. The van der Waals surface area contributed by atoms with Crippen LogP contribution in [-0.2, 0) is 23.6 Å². The summed E-state index contributed by atoms with van der Waals surface area (Å²) < 4.78 is 20.9. The average molecular weight is 349 g/mol. The molecule has 0 heterocycles. The first kappa shape index (κ1) is 19.6. The predicted octanol–water partition coefficient (Wildman–Crippen LogP) is 1.65. The fraction of sp³-hybridized carbons (Fsp3) is 0.786. The Labute approximate surface area is 135 Å². The molecule has 1 aliphatic rings. The van der Waals surface area contributed by atoms with Crippen LogP contribution in [0.2, 0.25) is 0 Å². The number of hydrogen-bond donors (Lipinski definition) is 2. The van der Waals surface area contributed by atoms with Gasteiger partial charge in [0, 0.05) is 13.6 Å². The van der Waals surface area contributed by atoms with Gasteiger partial charge in [-0.1, -0.05) is 19.3 Å². The second-order valence-electron chi connectivity index (χ2n) is 5.85. The normalized spacial score (nSPS) is 19.3. The lowest BCUT2D eigenvalue weighted by molar-refractivity contribution is -0.171. The van der Waals surface area contributed by atoms with Crippen molar-refractivity contribution in [3.05, 3.63) is 0 Å². The first-order valence-electron chi connectivity index (χ1n) is 7.63. The number of ether oxygens (including phenoxy) is 2. The first-order valence-corrected chi connectivity index (χ1v) is 9.92. The number of rotatable bonds is 7. The highest BCUT2D eigenvalue weighted by Gasteiger charge is 2.25. The second kappa shape index (κ2) is 9.03. The van der Waals surface area contributed by atoms with Gasteiger partial charge in [0.25, 0.3) is 0 Å². The van der Waals surface area contributed by atoms with E-state index in [0.717, 1.165) is 38.8 Å². The van der Waals surface area contributed by atoms with Crippen LogP contribution < -0.4 is 5.32 Å². The zero-order chi connectivity index (χ0) is 17.5. The van der Waals surface area contributed by atoms with E-state index >= 15 is 0 Å². The van der Waals surface area contributed by atoms with Gasteiger partial charge < -0.3 is 19.7 Å². The molecular formula is C14H24NO7P. The summed E-state index contributed by atoms with van der Waals surface area (Å²) in [7, 11) is -3.46. The van der Waals surface area contributed by atoms with E-state index in [2.05, 4.69) is 5.32 Å². The van der Waals surface area contributed by atoms with Crippen LogP contribution in [0.5, 0.6) is 0 Å². The van der Waals surface area contributed by atoms with Crippen LogP contribution in [0.25, 0.3) is 0 Å². The standard InChI is InChI=1S/C14H24NO7P/c1-10(21-13(17)11-6-4-3-5-7-11)22-14(18)15-8-12(16)9-23(2,19)20/h10-11H,3-9H2,1-2H3,(H,15,18)(H,19,20). The van der Waals surface area contributed by atoms with Crippen molar-refractivity contribution < 1.29 is 33.3 Å². The van der Waals surface area contributed by atoms with Gasteiger partial charge in [-0.15, -0.1) is 0 Å². The lowest BCUT2D eigenvalue weighted by Crippen LogP contribution is -2.35. The minimum atomic E-state index is -3.46. The lowest BCUT2D eigenvalue weighted by Gasteiger charge is -2.22. The van der Waals surface area contributed by atoms with Gasteiger partial charge in [-0.05, 0) is 12.8 Å². The summed E-state index contributed by atoms with van der Waals surface area (Å²) in [5, 5.41) is 2.15. The maximum atomic E-state index is 11.9. The van der Waals surface area contributed by atoms with E-state index in [0.29, 0.717) is 0 Å². The molecule has 0 aromatic heterocycles. The Kier molecular flexibility index (Phi) is 7.72. The number of Topliss-reactive ketones (excluding diaryl/α,β-unsaturated/α-hetero) is 1. The fourth-order valence-electron chi connectivity index (χ4n) is 2.37. The van der Waals surface area contributed by atoms with Gasteiger partial charge in [-0.2, -0.15) is 0 Å². The highest BCUT2D eigenvalue weighted by molar-refractivity contribution is 7.58. The quantitative estimate of drug-likeness (QED) is 0.407. The summed E-state index contributed by atoms with van der Waals surface area (Å²) in [5.41, 5.74) is 0. The van der Waals surface area contributed by atoms with Crippen LogP contribution in [0.1, 0.15) is 39.0 Å². The van der Waals surface area contributed by atoms with E-state index in [4.69, 9.17) is 14.4 Å². The number of esters is 1. The summed E-state index contributed by atoms with van der Waals surface area (Å²) >= 11 is 0. The van der Waals surface area contributed by atoms with Gasteiger partial charge in [0.05, 0.1) is 18.6 Å². The second-order valence-corrected chi connectivity index (χ2v) is 8.26. The molecule has 8 nitrogen and oxygen atoms in total. The highest BCUT2D eigenvalue weighted by Crippen LogP contribution is 2.34. The zero-order valence-corrected chi connectivity index (χ0v) is 14.3. The molecule has 1 aliphatic carbocycles. The van der Waals surface area contributed by atoms with Gasteiger partial charge in [0.15, 0.2) is 5.78 Å². The maximum Gasteiger partial charge on any atom is 0.410 e. The van der Waals surface area contributed by atoms with E-state index < -0.39 is 38.2 Å². The van der Waals surface area contributed by atoms with Crippen LogP contribution in [-0.4, -0.2) is 48.4 Å². The van der Waals surface area contributed by atoms with Crippen molar-refractivity contribution in [2.24, 2.45) is 5.92 Å². The van der Waals surface area contributed by atoms with Gasteiger partial charge >= 0.3 is 12.1 Å². The molecule has 0 bridgehead atoms. The Morgan fingerprint density at radius 2 is 1.83 bits per heavy atom. The van der Waals surface area contributed by atoms with Gasteiger partial charge in [-0.3, -0.25) is 14.2 Å². The molecule has 2 N–H and O–H groups in total. The molecule has 0 saturated heterocycles. The number of nitrogens with one attached hydrogen (secondary N) is 1. The van der Waals surface area contributed by atoms with Crippen molar-refractivity contribution in [1.29, 1.82) is 0 Å². The third kappa shape index (κ3) is 8.71. The van der Waals surface area contributed by atoms with Crippen LogP contribution in [0.3, 0.4) is 0 Å². The number of amides is 1. The summed E-state index contributed by atoms with van der Waals surface area (Å²) in [6.45, 7) is 2.06. The van der Waals surface area contributed by atoms with E-state index in [1.165, 1.54) is 6.92 Å². The lowest BCUT2D eigenvalue weighted by atomic mass is 9.89. The Morgan fingerprint density at radius 1 is 1.22 bits per heavy atom. The number of carbonyl (C=O) groups is 3. The Hall–Kier alpha value is -1.40. The Bertz CT molecular complexity index is 482. The molecule has 23 heavy (non-hydrogen) atoms. The van der Waals surface area contributed by atoms with Crippen LogP contribution in [0.4, 0.5) is 4.79 Å². The molecule has 132 valence electrons. The Morgan fingerprint density at radius 3 is 2.39 bits per heavy atom. The Balaban J connectivity index is 2.26. The van der Waals surface area contributed by atoms with Crippen LogP contribution in [0.15, 0.2) is 0 Å². The van der Waals surface area contributed by atoms with Crippen LogP contribution >= 0.6 is 7.37 Å². The van der Waals surface area contributed by atoms with Crippen molar-refractivity contribution in [3.63, 3.8) is 0 Å². The van der Waals surface area contributed by atoms with E-state index in [9.17, 15) is 18.9 Å². The first-order chi connectivity index (χ1) is 10.7. The molecule has 1 fully saturated rings. The minimum absolute atomic E-state index is 0.150. The summed E-state index contributed by atoms with van der Waals surface area (Å²) in [5.74, 6) is -1.11. The van der Waals surface area contributed by atoms with Crippen molar-refractivity contribution in [2.75, 3.05) is 19.4 Å². The number of carbonyl (C=O) groups excluding carboxylic acids is 3. The maximum absolute atomic E-state index is 11.9. The molecule has 2 unspecified atom stereocenters. The van der Waals surface area contributed by atoms with Gasteiger partial charge in [0.2, 0.25) is 13.7 Å². The molecule has 0 aromatic rings. The van der Waals surface area contributed by atoms with Crippen molar-refractivity contribution in [3.8, 4) is 0 Å². The molecule has 2 atom stereocenters. The zero-order valence-electron chi connectivity index (χ0n) is 13.4. The molecular weight excluding hydrogens is 325 g/mol. The van der Waals surface area contributed by atoms with Crippen molar-refractivity contribution in [1.82, 2.24) is 5.32 Å². The SMILES string of the molecule is CC(OC(=O)NCC(=O)CP(C)(=O)O)OC(=O)C1CCCCC1. The summed E-state index contributed by atoms with van der Waals surface area (Å²) in [6.07, 6.45) is 2.16. The number of hydrogen-bond acceptors (Lipinski definition) is 6. The smallest absolute Gasteiger partial charge is 0.410 e. The predicted molar refractivity (Wildman–Crippen MR) is 82.2 cm³/mol. The molecule has 9 heteroatoms. The molecule has 1 rings (SSSR count). The summed E-state index contributed by atoms with van der Waals surface area (Å²) in [6, 6.07) is 0. The fourth-order valence-corrected chi connectivity index (χ4v) is 3.13. The molecule has 0 aliphatic heterocycles. The molecule has 1 saturated carbocycles. The third-order valence-corrected chi connectivity index (χ3v) is 4.33. The molecule has 0 radical (unpaired) electrons. The van der Waals surface area contributed by atoms with Gasteiger partial charge in [-0.25, -0.2) is 4.79 Å². The molecule has 0 spiro atoms. The third-order valence-electron chi connectivity index (χ3n) is 3.39.